The van der Waals surface area contributed by atoms with Gasteiger partial charge in [-0.15, -0.1) is 0 Å². The van der Waals surface area contributed by atoms with Crippen LogP contribution in [-0.2, 0) is 17.8 Å². The van der Waals surface area contributed by atoms with Crippen LogP contribution < -0.4 is 5.32 Å². The molecular weight excluding hydrogens is 338 g/mol. The molecule has 2 amide bonds. The lowest BCUT2D eigenvalue weighted by Gasteiger charge is -2.25. The van der Waals surface area contributed by atoms with Gasteiger partial charge in [-0.25, -0.2) is 4.79 Å². The molecule has 5 nitrogen and oxygen atoms in total. The molecule has 25 heavy (non-hydrogen) atoms. The van der Waals surface area contributed by atoms with Crippen LogP contribution in [0.1, 0.15) is 24.1 Å². The molecule has 0 radical (unpaired) electrons. The molecule has 1 fully saturated rings. The average Bonchev–Trinajstić information content (AvgIpc) is 3.14. The molecule has 1 aliphatic rings. The Kier molecular flexibility index (Phi) is 6.25. The first kappa shape index (κ1) is 17.7. The highest BCUT2D eigenvalue weighted by Crippen LogP contribution is 2.16. The van der Waals surface area contributed by atoms with Gasteiger partial charge in [-0.05, 0) is 36.6 Å². The first-order valence-electron chi connectivity index (χ1n) is 8.50. The van der Waals surface area contributed by atoms with Crippen LogP contribution in [0.25, 0.3) is 0 Å². The van der Waals surface area contributed by atoms with Gasteiger partial charge in [0.25, 0.3) is 0 Å². The number of rotatable bonds is 6. The third kappa shape index (κ3) is 5.18. The van der Waals surface area contributed by atoms with Crippen molar-refractivity contribution in [3.8, 4) is 0 Å². The van der Waals surface area contributed by atoms with Crippen molar-refractivity contribution in [3.63, 3.8) is 0 Å². The van der Waals surface area contributed by atoms with E-state index in [1.54, 1.807) is 11.1 Å². The molecule has 6 heteroatoms. The maximum Gasteiger partial charge on any atom is 0.318 e. The van der Waals surface area contributed by atoms with E-state index in [2.05, 4.69) is 10.3 Å². The number of carbonyl (C=O) groups is 1. The van der Waals surface area contributed by atoms with Crippen LogP contribution >= 0.6 is 11.6 Å². The first-order valence-corrected chi connectivity index (χ1v) is 8.88. The maximum absolute atomic E-state index is 12.7. The summed E-state index contributed by atoms with van der Waals surface area (Å²) < 4.78 is 5.69. The van der Waals surface area contributed by atoms with Gasteiger partial charge < -0.3 is 15.0 Å². The molecular formula is C19H22ClN3O2. The van der Waals surface area contributed by atoms with E-state index in [0.29, 0.717) is 24.7 Å². The number of carbonyl (C=O) groups excluding carboxylic acids is 1. The molecule has 1 aromatic carbocycles. The zero-order valence-electron chi connectivity index (χ0n) is 14.0. The van der Waals surface area contributed by atoms with Gasteiger partial charge in [-0.1, -0.05) is 35.9 Å². The molecule has 3 rings (SSSR count). The molecule has 2 aromatic rings. The van der Waals surface area contributed by atoms with Gasteiger partial charge in [0.05, 0.1) is 18.3 Å². The smallest absolute Gasteiger partial charge is 0.318 e. The maximum atomic E-state index is 12.7. The van der Waals surface area contributed by atoms with E-state index in [1.165, 1.54) is 0 Å². The number of hydrogen-bond acceptors (Lipinski definition) is 3. The van der Waals surface area contributed by atoms with E-state index in [1.807, 2.05) is 42.5 Å². The summed E-state index contributed by atoms with van der Waals surface area (Å²) in [6.45, 7) is 2.17. The fourth-order valence-corrected chi connectivity index (χ4v) is 3.07. The number of nitrogens with one attached hydrogen (secondary N) is 1. The molecule has 132 valence electrons. The topological polar surface area (TPSA) is 54.5 Å². The fraction of sp³-hybridized carbons (Fsp3) is 0.368. The SMILES string of the molecule is O=C(NCc1ccccc1Cl)N(Cc1ccccn1)C[C@H]1CCCO1. The predicted molar refractivity (Wildman–Crippen MR) is 97.3 cm³/mol. The summed E-state index contributed by atoms with van der Waals surface area (Å²) in [6.07, 6.45) is 3.86. The summed E-state index contributed by atoms with van der Waals surface area (Å²) in [5, 5.41) is 3.60. The molecule has 0 bridgehead atoms. The highest BCUT2D eigenvalue weighted by molar-refractivity contribution is 6.31. The Bertz CT molecular complexity index is 690. The first-order chi connectivity index (χ1) is 12.2. The predicted octanol–water partition coefficient (Wildman–Crippen LogP) is 3.63. The second-order valence-corrected chi connectivity index (χ2v) is 6.49. The van der Waals surface area contributed by atoms with Crippen molar-refractivity contribution in [2.75, 3.05) is 13.2 Å². The Morgan fingerprint density at radius 1 is 1.28 bits per heavy atom. The Balaban J connectivity index is 1.64. The number of halogens is 1. The molecule has 0 unspecified atom stereocenters. The van der Waals surface area contributed by atoms with Crippen molar-refractivity contribution in [1.29, 1.82) is 0 Å². The molecule has 0 aliphatic carbocycles. The van der Waals surface area contributed by atoms with Crippen molar-refractivity contribution in [2.45, 2.75) is 32.0 Å². The standard InChI is InChI=1S/C19H22ClN3O2/c20-18-9-2-1-6-15(18)12-22-19(24)23(14-17-8-5-11-25-17)13-16-7-3-4-10-21-16/h1-4,6-7,9-10,17H,5,8,11-14H2,(H,22,24)/t17-/m1/s1. The molecule has 2 heterocycles. The van der Waals surface area contributed by atoms with Crippen LogP contribution in [0, 0.1) is 0 Å². The van der Waals surface area contributed by atoms with Crippen LogP contribution in [0.4, 0.5) is 4.79 Å². The van der Waals surface area contributed by atoms with Crippen molar-refractivity contribution in [2.24, 2.45) is 0 Å². The van der Waals surface area contributed by atoms with E-state index in [-0.39, 0.29) is 12.1 Å². The number of pyridine rings is 1. The summed E-state index contributed by atoms with van der Waals surface area (Å²) in [7, 11) is 0. The minimum absolute atomic E-state index is 0.0924. The molecule has 1 aliphatic heterocycles. The van der Waals surface area contributed by atoms with Gasteiger partial charge >= 0.3 is 6.03 Å². The summed E-state index contributed by atoms with van der Waals surface area (Å²) >= 11 is 6.16. The molecule has 1 aromatic heterocycles. The zero-order valence-corrected chi connectivity index (χ0v) is 14.8. The Morgan fingerprint density at radius 2 is 2.12 bits per heavy atom. The van der Waals surface area contributed by atoms with Gasteiger partial charge in [0.15, 0.2) is 0 Å². The zero-order chi connectivity index (χ0) is 17.5. The number of urea groups is 1. The average molecular weight is 360 g/mol. The van der Waals surface area contributed by atoms with Gasteiger partial charge in [0, 0.05) is 30.9 Å². The van der Waals surface area contributed by atoms with Crippen LogP contribution in [0.15, 0.2) is 48.7 Å². The minimum Gasteiger partial charge on any atom is -0.376 e. The van der Waals surface area contributed by atoms with Gasteiger partial charge in [-0.2, -0.15) is 0 Å². The van der Waals surface area contributed by atoms with Crippen molar-refractivity contribution in [3.05, 3.63) is 64.9 Å². The summed E-state index contributed by atoms with van der Waals surface area (Å²) in [6, 6.07) is 13.1. The highest BCUT2D eigenvalue weighted by Gasteiger charge is 2.23. The molecule has 1 N–H and O–H groups in total. The quantitative estimate of drug-likeness (QED) is 0.856. The van der Waals surface area contributed by atoms with Crippen molar-refractivity contribution < 1.29 is 9.53 Å². The third-order valence-corrected chi connectivity index (χ3v) is 4.57. The van der Waals surface area contributed by atoms with E-state index in [4.69, 9.17) is 16.3 Å². The number of benzene rings is 1. The van der Waals surface area contributed by atoms with Crippen molar-refractivity contribution >= 4 is 17.6 Å². The lowest BCUT2D eigenvalue weighted by Crippen LogP contribution is -2.43. The van der Waals surface area contributed by atoms with Crippen LogP contribution in [-0.4, -0.2) is 35.2 Å². The van der Waals surface area contributed by atoms with E-state index in [9.17, 15) is 4.79 Å². The monoisotopic (exact) mass is 359 g/mol. The summed E-state index contributed by atoms with van der Waals surface area (Å²) in [5.41, 5.74) is 1.75. The molecule has 0 spiro atoms. The Labute approximate surface area is 153 Å². The summed E-state index contributed by atoms with van der Waals surface area (Å²) in [4.78, 5) is 18.8. The lowest BCUT2D eigenvalue weighted by molar-refractivity contribution is 0.0791. The highest BCUT2D eigenvalue weighted by atomic mass is 35.5. The number of aromatic nitrogens is 1. The largest absolute Gasteiger partial charge is 0.376 e. The third-order valence-electron chi connectivity index (χ3n) is 4.20. The Morgan fingerprint density at radius 3 is 2.84 bits per heavy atom. The number of hydrogen-bond donors (Lipinski definition) is 1. The van der Waals surface area contributed by atoms with E-state index < -0.39 is 0 Å². The normalized spacial score (nSPS) is 16.6. The van der Waals surface area contributed by atoms with Crippen LogP contribution in [0.5, 0.6) is 0 Å². The Hall–Kier alpha value is -2.11. The van der Waals surface area contributed by atoms with Crippen molar-refractivity contribution in [1.82, 2.24) is 15.2 Å². The molecule has 1 saturated heterocycles. The number of ether oxygens (including phenoxy) is 1. The summed E-state index contributed by atoms with van der Waals surface area (Å²) in [5.74, 6) is 0. The van der Waals surface area contributed by atoms with E-state index >= 15 is 0 Å². The van der Waals surface area contributed by atoms with Gasteiger partial charge in [0.2, 0.25) is 0 Å². The van der Waals surface area contributed by atoms with Crippen LogP contribution in [0.3, 0.4) is 0 Å². The molecule has 1 atom stereocenters. The lowest BCUT2D eigenvalue weighted by atomic mass is 10.2. The van der Waals surface area contributed by atoms with Gasteiger partial charge in [-0.3, -0.25) is 4.98 Å². The van der Waals surface area contributed by atoms with Crippen LogP contribution in [0.2, 0.25) is 5.02 Å². The number of amides is 2. The minimum atomic E-state index is -0.138. The molecule has 0 saturated carbocycles. The van der Waals surface area contributed by atoms with Gasteiger partial charge in [0.1, 0.15) is 0 Å². The second kappa shape index (κ2) is 8.83. The number of nitrogens with zero attached hydrogens (tertiary/aromatic N) is 2. The van der Waals surface area contributed by atoms with E-state index in [0.717, 1.165) is 30.7 Å². The fourth-order valence-electron chi connectivity index (χ4n) is 2.87. The second-order valence-electron chi connectivity index (χ2n) is 6.09.